The van der Waals surface area contributed by atoms with E-state index in [0.717, 1.165) is 32.8 Å². The maximum Gasteiger partial charge on any atom is 0.0594 e. The Labute approximate surface area is 101 Å². The number of nitrogens with zero attached hydrogens (tertiary/aromatic N) is 1. The lowest BCUT2D eigenvalue weighted by Crippen LogP contribution is -2.37. The minimum Gasteiger partial charge on any atom is -0.379 e. The predicted molar refractivity (Wildman–Crippen MR) is 67.5 cm³/mol. The first-order chi connectivity index (χ1) is 7.90. The monoisotopic (exact) mass is 237 g/mol. The van der Waals surface area contributed by atoms with Gasteiger partial charge in [0.2, 0.25) is 0 Å². The van der Waals surface area contributed by atoms with E-state index in [9.17, 15) is 0 Å². The highest BCUT2D eigenvalue weighted by Gasteiger charge is 2.12. The van der Waals surface area contributed by atoms with Crippen LogP contribution in [-0.2, 0) is 4.74 Å². The molecule has 0 amide bonds. The molecule has 1 fully saturated rings. The standard InChI is InChI=1S/C13H16ClNO/c14-10-13(12-4-2-1-3-5-12)11-15-6-8-16-9-7-15/h1-5,10H,6-9,11H2. The smallest absolute Gasteiger partial charge is 0.0594 e. The van der Waals surface area contributed by atoms with Gasteiger partial charge in [-0.15, -0.1) is 0 Å². The summed E-state index contributed by atoms with van der Waals surface area (Å²) in [5.74, 6) is 0. The van der Waals surface area contributed by atoms with E-state index in [1.54, 1.807) is 5.54 Å². The van der Waals surface area contributed by atoms with Crippen molar-refractivity contribution >= 4 is 17.2 Å². The Morgan fingerprint density at radius 3 is 2.56 bits per heavy atom. The van der Waals surface area contributed by atoms with E-state index < -0.39 is 0 Å². The number of ether oxygens (including phenoxy) is 1. The summed E-state index contributed by atoms with van der Waals surface area (Å²) < 4.78 is 5.33. The molecule has 0 spiro atoms. The van der Waals surface area contributed by atoms with Crippen LogP contribution in [0.3, 0.4) is 0 Å². The van der Waals surface area contributed by atoms with Crippen LogP contribution in [0.2, 0.25) is 0 Å². The lowest BCUT2D eigenvalue weighted by Gasteiger charge is -2.27. The van der Waals surface area contributed by atoms with Crippen LogP contribution in [0.5, 0.6) is 0 Å². The highest BCUT2D eigenvalue weighted by Crippen LogP contribution is 2.17. The third kappa shape index (κ3) is 3.08. The van der Waals surface area contributed by atoms with Crippen molar-refractivity contribution < 1.29 is 4.74 Å². The second kappa shape index (κ2) is 6.04. The molecule has 86 valence electrons. The molecular formula is C13H16ClNO. The normalized spacial score (nSPS) is 18.7. The van der Waals surface area contributed by atoms with Gasteiger partial charge in [0, 0.05) is 25.2 Å². The van der Waals surface area contributed by atoms with Crippen molar-refractivity contribution in [1.29, 1.82) is 0 Å². The van der Waals surface area contributed by atoms with Crippen molar-refractivity contribution in [3.8, 4) is 0 Å². The molecule has 2 rings (SSSR count). The zero-order valence-electron chi connectivity index (χ0n) is 9.23. The number of benzene rings is 1. The van der Waals surface area contributed by atoms with Crippen molar-refractivity contribution in [2.24, 2.45) is 0 Å². The number of morpholine rings is 1. The topological polar surface area (TPSA) is 12.5 Å². The molecular weight excluding hydrogens is 222 g/mol. The van der Waals surface area contributed by atoms with Gasteiger partial charge in [-0.3, -0.25) is 4.90 Å². The number of hydrogen-bond donors (Lipinski definition) is 0. The number of rotatable bonds is 3. The van der Waals surface area contributed by atoms with E-state index in [1.807, 2.05) is 18.2 Å². The number of halogens is 1. The van der Waals surface area contributed by atoms with Crippen LogP contribution < -0.4 is 0 Å². The largest absolute Gasteiger partial charge is 0.379 e. The highest BCUT2D eigenvalue weighted by molar-refractivity contribution is 6.28. The fourth-order valence-corrected chi connectivity index (χ4v) is 2.04. The van der Waals surface area contributed by atoms with Crippen LogP contribution in [0.25, 0.3) is 5.57 Å². The third-order valence-corrected chi connectivity index (χ3v) is 3.04. The molecule has 2 nitrogen and oxygen atoms in total. The van der Waals surface area contributed by atoms with E-state index >= 15 is 0 Å². The van der Waals surface area contributed by atoms with Gasteiger partial charge in [-0.25, -0.2) is 0 Å². The lowest BCUT2D eigenvalue weighted by atomic mass is 10.1. The summed E-state index contributed by atoms with van der Waals surface area (Å²) in [5.41, 5.74) is 4.05. The molecule has 0 aromatic heterocycles. The molecule has 16 heavy (non-hydrogen) atoms. The van der Waals surface area contributed by atoms with Crippen molar-refractivity contribution in [3.05, 3.63) is 41.4 Å². The predicted octanol–water partition coefficient (Wildman–Crippen LogP) is 2.60. The summed E-state index contributed by atoms with van der Waals surface area (Å²) >= 11 is 5.90. The van der Waals surface area contributed by atoms with Crippen LogP contribution in [0, 0.1) is 0 Å². The molecule has 0 atom stereocenters. The summed E-state index contributed by atoms with van der Waals surface area (Å²) in [5, 5.41) is 0. The van der Waals surface area contributed by atoms with Crippen LogP contribution in [-0.4, -0.2) is 37.7 Å². The van der Waals surface area contributed by atoms with E-state index in [0.29, 0.717) is 0 Å². The Morgan fingerprint density at radius 2 is 1.94 bits per heavy atom. The quantitative estimate of drug-likeness (QED) is 0.801. The Morgan fingerprint density at radius 1 is 1.25 bits per heavy atom. The van der Waals surface area contributed by atoms with Gasteiger partial charge >= 0.3 is 0 Å². The maximum absolute atomic E-state index is 5.90. The molecule has 1 saturated heterocycles. The molecule has 0 radical (unpaired) electrons. The zero-order valence-corrected chi connectivity index (χ0v) is 9.99. The Hall–Kier alpha value is -0.830. The highest BCUT2D eigenvalue weighted by atomic mass is 35.5. The zero-order chi connectivity index (χ0) is 11.2. The van der Waals surface area contributed by atoms with Crippen LogP contribution in [0.15, 0.2) is 35.9 Å². The van der Waals surface area contributed by atoms with Gasteiger partial charge in [-0.1, -0.05) is 41.9 Å². The second-order valence-corrected chi connectivity index (χ2v) is 4.11. The summed E-state index contributed by atoms with van der Waals surface area (Å²) in [4.78, 5) is 2.37. The minimum absolute atomic E-state index is 0.824. The first-order valence-corrected chi connectivity index (χ1v) is 5.98. The van der Waals surface area contributed by atoms with E-state index in [-0.39, 0.29) is 0 Å². The first kappa shape index (κ1) is 11.6. The summed E-state index contributed by atoms with van der Waals surface area (Å²) in [6, 6.07) is 10.3. The average molecular weight is 238 g/mol. The number of hydrogen-bond acceptors (Lipinski definition) is 2. The summed E-state index contributed by atoms with van der Waals surface area (Å²) in [6.07, 6.45) is 0. The summed E-state index contributed by atoms with van der Waals surface area (Å²) in [6.45, 7) is 4.52. The Bertz CT molecular complexity index is 344. The molecule has 0 saturated carbocycles. The third-order valence-electron chi connectivity index (χ3n) is 2.77. The maximum atomic E-state index is 5.90. The molecule has 0 aliphatic carbocycles. The summed E-state index contributed by atoms with van der Waals surface area (Å²) in [7, 11) is 0. The fraction of sp³-hybridized carbons (Fsp3) is 0.385. The molecule has 1 heterocycles. The van der Waals surface area contributed by atoms with Crippen LogP contribution >= 0.6 is 11.6 Å². The molecule has 1 aliphatic heterocycles. The second-order valence-electron chi connectivity index (χ2n) is 3.89. The van der Waals surface area contributed by atoms with Gasteiger partial charge in [0.15, 0.2) is 0 Å². The van der Waals surface area contributed by atoms with Gasteiger partial charge < -0.3 is 4.74 Å². The molecule has 3 heteroatoms. The van der Waals surface area contributed by atoms with Gasteiger partial charge in [-0.05, 0) is 11.1 Å². The van der Waals surface area contributed by atoms with Crippen molar-refractivity contribution in [3.63, 3.8) is 0 Å². The molecule has 1 aromatic rings. The first-order valence-electron chi connectivity index (χ1n) is 5.55. The molecule has 0 bridgehead atoms. The van der Waals surface area contributed by atoms with Gasteiger partial charge in [0.1, 0.15) is 0 Å². The Balaban J connectivity index is 2.01. The minimum atomic E-state index is 0.824. The molecule has 0 N–H and O–H groups in total. The van der Waals surface area contributed by atoms with Crippen molar-refractivity contribution in [2.45, 2.75) is 0 Å². The molecule has 0 unspecified atom stereocenters. The van der Waals surface area contributed by atoms with Crippen molar-refractivity contribution in [2.75, 3.05) is 32.8 Å². The van der Waals surface area contributed by atoms with Crippen molar-refractivity contribution in [1.82, 2.24) is 4.90 Å². The lowest BCUT2D eigenvalue weighted by molar-refractivity contribution is 0.0444. The Kier molecular flexibility index (Phi) is 4.40. The van der Waals surface area contributed by atoms with Crippen LogP contribution in [0.4, 0.5) is 0 Å². The van der Waals surface area contributed by atoms with Gasteiger partial charge in [0.05, 0.1) is 13.2 Å². The van der Waals surface area contributed by atoms with Crippen LogP contribution in [0.1, 0.15) is 5.56 Å². The molecule has 1 aromatic carbocycles. The molecule has 1 aliphatic rings. The van der Waals surface area contributed by atoms with E-state index in [4.69, 9.17) is 16.3 Å². The van der Waals surface area contributed by atoms with E-state index in [1.165, 1.54) is 11.1 Å². The van der Waals surface area contributed by atoms with Gasteiger partial charge in [0.25, 0.3) is 0 Å². The van der Waals surface area contributed by atoms with Gasteiger partial charge in [-0.2, -0.15) is 0 Å². The average Bonchev–Trinajstić information content (AvgIpc) is 2.38. The van der Waals surface area contributed by atoms with E-state index in [2.05, 4.69) is 17.0 Å². The SMILES string of the molecule is ClC=C(CN1CCOCC1)c1ccccc1. The fourth-order valence-electron chi connectivity index (χ4n) is 1.84.